The number of hydrogen-bond acceptors (Lipinski definition) is 5. The molecule has 0 aliphatic carbocycles. The summed E-state index contributed by atoms with van der Waals surface area (Å²) in [4.78, 5) is 23.4. The van der Waals surface area contributed by atoms with E-state index in [9.17, 15) is 14.7 Å². The highest BCUT2D eigenvalue weighted by Crippen LogP contribution is 2.36. The summed E-state index contributed by atoms with van der Waals surface area (Å²) in [5.41, 5.74) is -1.44. The monoisotopic (exact) mass is 318 g/mol. The summed E-state index contributed by atoms with van der Waals surface area (Å²) in [6.45, 7) is 2.60. The molecule has 0 atom stereocenters. The molecule has 0 aliphatic heterocycles. The summed E-state index contributed by atoms with van der Waals surface area (Å²) < 4.78 is 2.21. The quantitative estimate of drug-likeness (QED) is 0.770. The molecule has 3 aromatic rings. The minimum atomic E-state index is -1.30. The van der Waals surface area contributed by atoms with E-state index < -0.39 is 23.7 Å². The Hall–Kier alpha value is -2.25. The first-order valence-electron chi connectivity index (χ1n) is 6.66. The first-order valence-corrected chi connectivity index (χ1v) is 7.47. The molecule has 0 fully saturated rings. The van der Waals surface area contributed by atoms with Crippen molar-refractivity contribution in [3.63, 3.8) is 0 Å². The zero-order valence-corrected chi connectivity index (χ0v) is 12.8. The Kier molecular flexibility index (Phi) is 3.26. The Morgan fingerprint density at radius 1 is 1.36 bits per heavy atom. The second-order valence-electron chi connectivity index (χ2n) is 5.57. The third-order valence-corrected chi connectivity index (χ3v) is 4.50. The molecular weight excluding hydrogens is 304 g/mol. The number of benzene rings is 1. The van der Waals surface area contributed by atoms with E-state index in [1.165, 1.54) is 11.3 Å². The van der Waals surface area contributed by atoms with E-state index in [0.717, 1.165) is 14.8 Å². The maximum Gasteiger partial charge on any atom is 0.325 e. The van der Waals surface area contributed by atoms with Gasteiger partial charge >= 0.3 is 5.97 Å². The molecular formula is C15H14N2O4S. The van der Waals surface area contributed by atoms with E-state index in [4.69, 9.17) is 5.11 Å². The predicted molar refractivity (Wildman–Crippen MR) is 84.3 cm³/mol. The van der Waals surface area contributed by atoms with Crippen molar-refractivity contribution >= 4 is 37.5 Å². The SMILES string of the molecule is CC(C)(O)c1nn(CC(=O)O)c(=O)c2sc3ccccc3c12. The van der Waals surface area contributed by atoms with Crippen LogP contribution in [0.25, 0.3) is 20.2 Å². The number of thiophene rings is 1. The van der Waals surface area contributed by atoms with Crippen molar-refractivity contribution in [1.29, 1.82) is 0 Å². The fourth-order valence-electron chi connectivity index (χ4n) is 2.43. The van der Waals surface area contributed by atoms with Gasteiger partial charge in [-0.1, -0.05) is 18.2 Å². The molecule has 22 heavy (non-hydrogen) atoms. The molecule has 2 heterocycles. The fraction of sp³-hybridized carbons (Fsp3) is 0.267. The highest BCUT2D eigenvalue weighted by Gasteiger charge is 2.26. The molecule has 2 N–H and O–H groups in total. The van der Waals surface area contributed by atoms with Crippen LogP contribution in [0.4, 0.5) is 0 Å². The van der Waals surface area contributed by atoms with Gasteiger partial charge in [0.2, 0.25) is 0 Å². The van der Waals surface area contributed by atoms with Gasteiger partial charge in [-0.3, -0.25) is 9.59 Å². The second-order valence-corrected chi connectivity index (χ2v) is 6.62. The Morgan fingerprint density at radius 3 is 2.68 bits per heavy atom. The average molecular weight is 318 g/mol. The molecule has 1 aromatic carbocycles. The number of aliphatic carboxylic acids is 1. The van der Waals surface area contributed by atoms with Crippen LogP contribution in [0.5, 0.6) is 0 Å². The summed E-state index contributed by atoms with van der Waals surface area (Å²) in [7, 11) is 0. The van der Waals surface area contributed by atoms with Crippen LogP contribution in [-0.2, 0) is 16.9 Å². The van der Waals surface area contributed by atoms with Crippen LogP contribution in [0.1, 0.15) is 19.5 Å². The largest absolute Gasteiger partial charge is 0.480 e. The van der Waals surface area contributed by atoms with Gasteiger partial charge in [0.25, 0.3) is 5.56 Å². The maximum atomic E-state index is 12.5. The number of aromatic nitrogens is 2. The van der Waals surface area contributed by atoms with E-state index in [1.54, 1.807) is 13.8 Å². The fourth-order valence-corrected chi connectivity index (χ4v) is 3.58. The Bertz CT molecular complexity index is 950. The summed E-state index contributed by atoms with van der Waals surface area (Å²) in [5.74, 6) is -1.16. The molecule has 3 rings (SSSR count). The summed E-state index contributed by atoms with van der Waals surface area (Å²) in [6, 6.07) is 7.47. The van der Waals surface area contributed by atoms with Crippen LogP contribution >= 0.6 is 11.3 Å². The third-order valence-electron chi connectivity index (χ3n) is 3.35. The lowest BCUT2D eigenvalue weighted by atomic mass is 10.00. The van der Waals surface area contributed by atoms with Crippen molar-refractivity contribution in [3.05, 3.63) is 40.3 Å². The van der Waals surface area contributed by atoms with E-state index in [0.29, 0.717) is 15.8 Å². The van der Waals surface area contributed by atoms with Crippen molar-refractivity contribution in [2.45, 2.75) is 26.0 Å². The number of fused-ring (bicyclic) bond motifs is 3. The van der Waals surface area contributed by atoms with Crippen LogP contribution in [-0.4, -0.2) is 26.0 Å². The van der Waals surface area contributed by atoms with Crippen LogP contribution in [0.2, 0.25) is 0 Å². The molecule has 114 valence electrons. The Balaban J connectivity index is 2.50. The zero-order valence-electron chi connectivity index (χ0n) is 12.0. The molecule has 0 spiro atoms. The van der Waals surface area contributed by atoms with E-state index in [2.05, 4.69) is 5.10 Å². The van der Waals surface area contributed by atoms with Gasteiger partial charge < -0.3 is 10.2 Å². The Labute approximate surface area is 129 Å². The number of hydrogen-bond donors (Lipinski definition) is 2. The van der Waals surface area contributed by atoms with Crippen LogP contribution in [0.3, 0.4) is 0 Å². The number of carboxylic acids is 1. The van der Waals surface area contributed by atoms with E-state index >= 15 is 0 Å². The van der Waals surface area contributed by atoms with Gasteiger partial charge in [-0.25, -0.2) is 4.68 Å². The highest BCUT2D eigenvalue weighted by molar-refractivity contribution is 7.25. The van der Waals surface area contributed by atoms with Gasteiger partial charge in [-0.15, -0.1) is 11.3 Å². The maximum absolute atomic E-state index is 12.5. The van der Waals surface area contributed by atoms with Crippen molar-refractivity contribution in [1.82, 2.24) is 9.78 Å². The summed E-state index contributed by atoms with van der Waals surface area (Å²) in [6.07, 6.45) is 0. The average Bonchev–Trinajstić information content (AvgIpc) is 2.80. The molecule has 0 aliphatic rings. The minimum absolute atomic E-state index is 0.306. The van der Waals surface area contributed by atoms with E-state index in [1.807, 2.05) is 24.3 Å². The number of nitrogens with zero attached hydrogens (tertiary/aromatic N) is 2. The number of rotatable bonds is 3. The van der Waals surface area contributed by atoms with Gasteiger partial charge in [-0.05, 0) is 19.9 Å². The van der Waals surface area contributed by atoms with Gasteiger partial charge in [-0.2, -0.15) is 5.10 Å². The Morgan fingerprint density at radius 2 is 2.05 bits per heavy atom. The minimum Gasteiger partial charge on any atom is -0.480 e. The molecule has 0 unspecified atom stereocenters. The number of carbonyl (C=O) groups is 1. The molecule has 7 heteroatoms. The molecule has 0 bridgehead atoms. The lowest BCUT2D eigenvalue weighted by molar-refractivity contribution is -0.138. The zero-order chi connectivity index (χ0) is 16.1. The van der Waals surface area contributed by atoms with Crippen molar-refractivity contribution in [2.75, 3.05) is 0 Å². The van der Waals surface area contributed by atoms with Crippen LogP contribution < -0.4 is 5.56 Å². The first kappa shape index (κ1) is 14.7. The van der Waals surface area contributed by atoms with Crippen molar-refractivity contribution in [2.24, 2.45) is 0 Å². The predicted octanol–water partition coefficient (Wildman–Crippen LogP) is 1.92. The van der Waals surface area contributed by atoms with Crippen LogP contribution in [0, 0.1) is 0 Å². The van der Waals surface area contributed by atoms with E-state index in [-0.39, 0.29) is 0 Å². The summed E-state index contributed by atoms with van der Waals surface area (Å²) in [5, 5.41) is 24.9. The van der Waals surface area contributed by atoms with Gasteiger partial charge in [0.15, 0.2) is 0 Å². The lowest BCUT2D eigenvalue weighted by Gasteiger charge is -2.19. The molecule has 0 saturated heterocycles. The molecule has 6 nitrogen and oxygen atoms in total. The second kappa shape index (κ2) is 4.89. The highest BCUT2D eigenvalue weighted by atomic mass is 32.1. The molecule has 0 radical (unpaired) electrons. The lowest BCUT2D eigenvalue weighted by Crippen LogP contribution is -2.31. The standard InChI is InChI=1S/C15H14N2O4S/c1-15(2,21)13-11-8-5-3-4-6-9(8)22-12(11)14(20)17(16-13)7-10(18)19/h3-6,21H,7H2,1-2H3,(H,18,19). The van der Waals surface area contributed by atoms with Crippen molar-refractivity contribution in [3.8, 4) is 0 Å². The molecule has 0 amide bonds. The van der Waals surface area contributed by atoms with Gasteiger partial charge in [0, 0.05) is 15.5 Å². The summed E-state index contributed by atoms with van der Waals surface area (Å²) >= 11 is 1.28. The molecule has 2 aromatic heterocycles. The van der Waals surface area contributed by atoms with Crippen LogP contribution in [0.15, 0.2) is 29.1 Å². The first-order chi connectivity index (χ1) is 10.3. The van der Waals surface area contributed by atoms with Crippen molar-refractivity contribution < 1.29 is 15.0 Å². The molecule has 0 saturated carbocycles. The topological polar surface area (TPSA) is 92.4 Å². The third kappa shape index (κ3) is 2.28. The van der Waals surface area contributed by atoms with Gasteiger partial charge in [0.1, 0.15) is 22.5 Å². The smallest absolute Gasteiger partial charge is 0.325 e. The normalized spacial score (nSPS) is 12.1. The van der Waals surface area contributed by atoms with Gasteiger partial charge in [0.05, 0.1) is 0 Å². The number of aliphatic hydroxyl groups is 1. The number of carboxylic acid groups (broad SMARTS) is 1.